The summed E-state index contributed by atoms with van der Waals surface area (Å²) in [5.41, 5.74) is 1.03. The predicted molar refractivity (Wildman–Crippen MR) is 71.4 cm³/mol. The van der Waals surface area contributed by atoms with Gasteiger partial charge in [-0.05, 0) is 31.2 Å². The lowest BCUT2D eigenvalue weighted by atomic mass is 10.3. The Labute approximate surface area is 115 Å². The van der Waals surface area contributed by atoms with Gasteiger partial charge in [0.15, 0.2) is 0 Å². The maximum Gasteiger partial charge on any atom is 0.343 e. The molecule has 0 bridgehead atoms. The smallest absolute Gasteiger partial charge is 0.343 e. The number of hydrogen-bond acceptors (Lipinski definition) is 7. The van der Waals surface area contributed by atoms with Crippen LogP contribution in [0.4, 0.5) is 5.82 Å². The fourth-order valence-electron chi connectivity index (χ4n) is 1.47. The van der Waals surface area contributed by atoms with Gasteiger partial charge in [0.1, 0.15) is 11.4 Å². The Hall–Kier alpha value is -2.77. The van der Waals surface area contributed by atoms with Crippen molar-refractivity contribution >= 4 is 17.4 Å². The average molecular weight is 274 g/mol. The van der Waals surface area contributed by atoms with Gasteiger partial charge in [-0.1, -0.05) is 6.07 Å². The normalized spacial score (nSPS) is 11.2. The maximum absolute atomic E-state index is 11.9. The Balaban J connectivity index is 2.22. The third-order valence-corrected chi connectivity index (χ3v) is 2.33. The van der Waals surface area contributed by atoms with Crippen LogP contribution in [0.5, 0.6) is 0 Å². The van der Waals surface area contributed by atoms with Gasteiger partial charge in [-0.2, -0.15) is 5.21 Å². The van der Waals surface area contributed by atoms with E-state index >= 15 is 0 Å². The Morgan fingerprint density at radius 1 is 1.50 bits per heavy atom. The van der Waals surface area contributed by atoms with Gasteiger partial charge in [0.2, 0.25) is 5.82 Å². The predicted octanol–water partition coefficient (Wildman–Crippen LogP) is 0.919. The Bertz CT molecular complexity index is 608. The number of ether oxygens (including phenoxy) is 1. The number of hydrogen-bond donors (Lipinski definition) is 2. The third kappa shape index (κ3) is 3.37. The molecule has 2 rings (SSSR count). The molecule has 0 radical (unpaired) electrons. The number of H-pyrrole nitrogens is 1. The quantitative estimate of drug-likeness (QED) is 0.616. The van der Waals surface area contributed by atoms with Gasteiger partial charge in [-0.15, -0.1) is 10.2 Å². The van der Waals surface area contributed by atoms with E-state index in [0.29, 0.717) is 5.82 Å². The van der Waals surface area contributed by atoms with E-state index in [1.807, 2.05) is 19.1 Å². The molecule has 0 aromatic carbocycles. The highest BCUT2D eigenvalue weighted by molar-refractivity contribution is 6.15. The van der Waals surface area contributed by atoms with E-state index in [4.69, 9.17) is 4.74 Å². The number of aromatic amines is 1. The number of nitrogens with zero attached hydrogens (tertiary/aromatic N) is 4. The number of pyridine rings is 1. The fourth-order valence-corrected chi connectivity index (χ4v) is 1.47. The van der Waals surface area contributed by atoms with Crippen molar-refractivity contribution in [3.8, 4) is 0 Å². The van der Waals surface area contributed by atoms with Crippen LogP contribution in [-0.2, 0) is 9.53 Å². The summed E-state index contributed by atoms with van der Waals surface area (Å²) in [7, 11) is 0. The summed E-state index contributed by atoms with van der Waals surface area (Å²) in [6.45, 7) is 3.86. The largest absolute Gasteiger partial charge is 0.462 e. The van der Waals surface area contributed by atoms with Gasteiger partial charge in [0.05, 0.1) is 6.61 Å². The number of rotatable bonds is 5. The van der Waals surface area contributed by atoms with Gasteiger partial charge in [-0.3, -0.25) is 0 Å². The molecule has 2 aromatic rings. The van der Waals surface area contributed by atoms with Gasteiger partial charge in [-0.25, -0.2) is 9.78 Å². The Morgan fingerprint density at radius 3 is 3.00 bits per heavy atom. The van der Waals surface area contributed by atoms with Crippen LogP contribution in [0.3, 0.4) is 0 Å². The third-order valence-electron chi connectivity index (χ3n) is 2.33. The van der Waals surface area contributed by atoms with E-state index in [-0.39, 0.29) is 18.0 Å². The number of anilines is 1. The number of aryl methyl sites for hydroxylation is 1. The van der Waals surface area contributed by atoms with Crippen LogP contribution in [0.1, 0.15) is 18.4 Å². The molecule has 0 atom stereocenters. The number of esters is 1. The van der Waals surface area contributed by atoms with Gasteiger partial charge in [0, 0.05) is 11.9 Å². The minimum Gasteiger partial charge on any atom is -0.462 e. The SMILES string of the molecule is CCOC(=O)C(=CNc1cccc(C)n1)c1nn[nH]n1. The number of tetrazole rings is 1. The second-order valence-electron chi connectivity index (χ2n) is 3.82. The highest BCUT2D eigenvalue weighted by atomic mass is 16.5. The van der Waals surface area contributed by atoms with Crippen LogP contribution in [0, 0.1) is 6.92 Å². The van der Waals surface area contributed by atoms with E-state index in [2.05, 4.69) is 30.9 Å². The van der Waals surface area contributed by atoms with Crippen LogP contribution in [-0.4, -0.2) is 38.2 Å². The van der Waals surface area contributed by atoms with Crippen molar-refractivity contribution in [2.24, 2.45) is 0 Å². The van der Waals surface area contributed by atoms with Crippen molar-refractivity contribution in [3.05, 3.63) is 35.9 Å². The Kier molecular flexibility index (Phi) is 4.38. The van der Waals surface area contributed by atoms with E-state index in [1.54, 1.807) is 13.0 Å². The molecule has 0 amide bonds. The van der Waals surface area contributed by atoms with Crippen LogP contribution in [0.25, 0.3) is 5.57 Å². The zero-order valence-corrected chi connectivity index (χ0v) is 11.1. The van der Waals surface area contributed by atoms with Crippen molar-refractivity contribution in [2.75, 3.05) is 11.9 Å². The number of carbonyl (C=O) groups is 1. The van der Waals surface area contributed by atoms with Crippen molar-refractivity contribution in [1.29, 1.82) is 0 Å². The van der Waals surface area contributed by atoms with E-state index < -0.39 is 5.97 Å². The summed E-state index contributed by atoms with van der Waals surface area (Å²) < 4.78 is 4.95. The summed E-state index contributed by atoms with van der Waals surface area (Å²) in [6, 6.07) is 5.51. The van der Waals surface area contributed by atoms with E-state index in [0.717, 1.165) is 5.69 Å². The van der Waals surface area contributed by atoms with E-state index in [9.17, 15) is 4.79 Å². The molecule has 0 saturated heterocycles. The van der Waals surface area contributed by atoms with Crippen molar-refractivity contribution in [3.63, 3.8) is 0 Å². The average Bonchev–Trinajstić information content (AvgIpc) is 2.93. The molecular weight excluding hydrogens is 260 g/mol. The first-order valence-corrected chi connectivity index (χ1v) is 6.02. The molecule has 2 aromatic heterocycles. The lowest BCUT2D eigenvalue weighted by Crippen LogP contribution is -2.10. The number of nitrogens with one attached hydrogen (secondary N) is 2. The molecule has 2 heterocycles. The standard InChI is InChI=1S/C12H14N6O2/c1-3-20-12(19)9(11-15-17-18-16-11)7-13-10-6-4-5-8(2)14-10/h4-7H,3H2,1-2H3,(H,13,14)(H,15,16,17,18). The van der Waals surface area contributed by atoms with Gasteiger partial charge < -0.3 is 10.1 Å². The Morgan fingerprint density at radius 2 is 2.35 bits per heavy atom. The fraction of sp³-hybridized carbons (Fsp3) is 0.250. The molecule has 0 aliphatic rings. The summed E-state index contributed by atoms with van der Waals surface area (Å²) in [6.07, 6.45) is 1.45. The molecule has 8 nitrogen and oxygen atoms in total. The molecule has 20 heavy (non-hydrogen) atoms. The first-order valence-electron chi connectivity index (χ1n) is 6.02. The highest BCUT2D eigenvalue weighted by Gasteiger charge is 2.17. The minimum absolute atomic E-state index is 0.156. The van der Waals surface area contributed by atoms with Gasteiger partial charge >= 0.3 is 5.97 Å². The van der Waals surface area contributed by atoms with Crippen molar-refractivity contribution in [1.82, 2.24) is 25.6 Å². The van der Waals surface area contributed by atoms with Crippen LogP contribution < -0.4 is 5.32 Å². The zero-order valence-electron chi connectivity index (χ0n) is 11.1. The second kappa shape index (κ2) is 6.41. The first-order chi connectivity index (χ1) is 9.70. The summed E-state index contributed by atoms with van der Waals surface area (Å²) in [4.78, 5) is 16.1. The molecule has 0 spiro atoms. The lowest BCUT2D eigenvalue weighted by molar-refractivity contribution is -0.136. The van der Waals surface area contributed by atoms with Gasteiger partial charge in [0.25, 0.3) is 0 Å². The number of carbonyl (C=O) groups excluding carboxylic acids is 1. The molecule has 0 unspecified atom stereocenters. The van der Waals surface area contributed by atoms with Crippen LogP contribution in [0.2, 0.25) is 0 Å². The van der Waals surface area contributed by atoms with Crippen molar-refractivity contribution < 1.29 is 9.53 Å². The number of aromatic nitrogens is 5. The molecule has 0 fully saturated rings. The molecule has 2 N–H and O–H groups in total. The maximum atomic E-state index is 11.9. The minimum atomic E-state index is -0.533. The highest BCUT2D eigenvalue weighted by Crippen LogP contribution is 2.12. The van der Waals surface area contributed by atoms with Crippen LogP contribution in [0.15, 0.2) is 24.4 Å². The first kappa shape index (κ1) is 13.7. The molecular formula is C12H14N6O2. The second-order valence-corrected chi connectivity index (χ2v) is 3.82. The zero-order chi connectivity index (χ0) is 14.4. The topological polar surface area (TPSA) is 106 Å². The monoisotopic (exact) mass is 274 g/mol. The van der Waals surface area contributed by atoms with E-state index in [1.165, 1.54) is 6.20 Å². The molecule has 0 saturated carbocycles. The summed E-state index contributed by atoms with van der Waals surface area (Å²) in [5, 5.41) is 16.2. The molecule has 104 valence electrons. The van der Waals surface area contributed by atoms with Crippen molar-refractivity contribution in [2.45, 2.75) is 13.8 Å². The molecule has 0 aliphatic heterocycles. The van der Waals surface area contributed by atoms with Crippen LogP contribution >= 0.6 is 0 Å². The summed E-state index contributed by atoms with van der Waals surface area (Å²) in [5.74, 6) is 0.230. The molecule has 8 heteroatoms. The summed E-state index contributed by atoms with van der Waals surface area (Å²) >= 11 is 0. The molecule has 0 aliphatic carbocycles. The lowest BCUT2D eigenvalue weighted by Gasteiger charge is -2.05.